The monoisotopic (exact) mass is 237 g/mol. The number of rotatable bonds is 2. The number of hydrogen-bond acceptors (Lipinski definition) is 4. The quantitative estimate of drug-likeness (QED) is 0.821. The van der Waals surface area contributed by atoms with Gasteiger partial charge in [0.05, 0.1) is 12.3 Å². The maximum Gasteiger partial charge on any atom is 0.211 e. The number of fused-ring (bicyclic) bond motifs is 1. The minimum atomic E-state index is -0.00799. The Morgan fingerprint density at radius 3 is 2.88 bits per heavy atom. The third kappa shape index (κ3) is 1.83. The molecule has 1 saturated heterocycles. The maximum absolute atomic E-state index is 5.98. The van der Waals surface area contributed by atoms with Crippen LogP contribution in [-0.2, 0) is 16.7 Å². The zero-order valence-electron chi connectivity index (χ0n) is 10.0. The summed E-state index contributed by atoms with van der Waals surface area (Å²) in [6.45, 7) is 3.93. The lowest BCUT2D eigenvalue weighted by Crippen LogP contribution is -2.41. The van der Waals surface area contributed by atoms with Crippen molar-refractivity contribution in [2.24, 2.45) is 5.73 Å². The number of nitrogens with zero attached hydrogens (tertiary/aromatic N) is 2. The van der Waals surface area contributed by atoms with Crippen molar-refractivity contribution in [3.8, 4) is 5.88 Å². The molecule has 0 aliphatic carbocycles. The van der Waals surface area contributed by atoms with Gasteiger partial charge >= 0.3 is 0 Å². The summed E-state index contributed by atoms with van der Waals surface area (Å²) < 4.78 is 13.0. The molecule has 5 heteroatoms. The van der Waals surface area contributed by atoms with Crippen LogP contribution in [0.25, 0.3) is 0 Å². The van der Waals surface area contributed by atoms with Crippen LogP contribution < -0.4 is 10.5 Å². The Labute approximate surface area is 101 Å². The minimum Gasteiger partial charge on any atom is -0.478 e. The molecule has 1 aromatic rings. The number of ether oxygens (including phenoxy) is 2. The third-order valence-corrected chi connectivity index (χ3v) is 3.89. The molecule has 1 aromatic heterocycles. The van der Waals surface area contributed by atoms with Crippen LogP contribution in [0.1, 0.15) is 25.0 Å². The SMILES string of the molecule is NCC1(c2cc3n(n2)CCCO3)CCOCC1. The Bertz CT molecular complexity index is 373. The molecular weight excluding hydrogens is 218 g/mol. The van der Waals surface area contributed by atoms with E-state index in [2.05, 4.69) is 11.2 Å². The van der Waals surface area contributed by atoms with Crippen LogP contribution in [0.5, 0.6) is 5.88 Å². The molecule has 3 heterocycles. The van der Waals surface area contributed by atoms with Crippen molar-refractivity contribution in [3.63, 3.8) is 0 Å². The largest absolute Gasteiger partial charge is 0.478 e. The van der Waals surface area contributed by atoms with Gasteiger partial charge in [0.2, 0.25) is 5.88 Å². The van der Waals surface area contributed by atoms with Gasteiger partial charge in [0.25, 0.3) is 0 Å². The van der Waals surface area contributed by atoms with Crippen molar-refractivity contribution in [1.29, 1.82) is 0 Å². The molecule has 0 unspecified atom stereocenters. The first-order valence-electron chi connectivity index (χ1n) is 6.33. The van der Waals surface area contributed by atoms with Gasteiger partial charge in [-0.1, -0.05) is 0 Å². The van der Waals surface area contributed by atoms with Gasteiger partial charge in [0, 0.05) is 44.2 Å². The van der Waals surface area contributed by atoms with Gasteiger partial charge in [-0.05, 0) is 12.8 Å². The Morgan fingerprint density at radius 2 is 2.18 bits per heavy atom. The summed E-state index contributed by atoms with van der Waals surface area (Å²) in [7, 11) is 0. The summed E-state index contributed by atoms with van der Waals surface area (Å²) in [6.07, 6.45) is 2.95. The molecule has 1 fully saturated rings. The van der Waals surface area contributed by atoms with Crippen molar-refractivity contribution >= 4 is 0 Å². The van der Waals surface area contributed by atoms with Crippen LogP contribution in [0.15, 0.2) is 6.07 Å². The fourth-order valence-electron chi connectivity index (χ4n) is 2.65. The smallest absolute Gasteiger partial charge is 0.211 e. The molecule has 0 radical (unpaired) electrons. The maximum atomic E-state index is 5.98. The van der Waals surface area contributed by atoms with Gasteiger partial charge in [-0.25, -0.2) is 4.68 Å². The second kappa shape index (κ2) is 4.31. The molecule has 17 heavy (non-hydrogen) atoms. The molecule has 0 atom stereocenters. The van der Waals surface area contributed by atoms with E-state index in [1.165, 1.54) is 0 Å². The van der Waals surface area contributed by atoms with E-state index in [1.54, 1.807) is 0 Å². The Kier molecular flexibility index (Phi) is 2.80. The molecule has 2 aliphatic rings. The van der Waals surface area contributed by atoms with Gasteiger partial charge in [0.15, 0.2) is 0 Å². The summed E-state index contributed by atoms with van der Waals surface area (Å²) in [4.78, 5) is 0. The van der Waals surface area contributed by atoms with E-state index in [4.69, 9.17) is 15.2 Å². The van der Waals surface area contributed by atoms with Crippen LogP contribution >= 0.6 is 0 Å². The summed E-state index contributed by atoms with van der Waals surface area (Å²) in [5, 5.41) is 4.67. The molecule has 0 saturated carbocycles. The summed E-state index contributed by atoms with van der Waals surface area (Å²) in [5.74, 6) is 0.894. The van der Waals surface area contributed by atoms with E-state index in [0.29, 0.717) is 6.54 Å². The van der Waals surface area contributed by atoms with E-state index >= 15 is 0 Å². The minimum absolute atomic E-state index is 0.00799. The lowest BCUT2D eigenvalue weighted by Gasteiger charge is -2.34. The molecule has 3 rings (SSSR count). The van der Waals surface area contributed by atoms with Crippen molar-refractivity contribution in [1.82, 2.24) is 9.78 Å². The van der Waals surface area contributed by atoms with Gasteiger partial charge in [-0.3, -0.25) is 0 Å². The predicted molar refractivity (Wildman–Crippen MR) is 63.1 cm³/mol. The first-order valence-corrected chi connectivity index (χ1v) is 6.33. The Balaban J connectivity index is 1.93. The molecular formula is C12H19N3O2. The molecule has 0 spiro atoms. The molecule has 2 aliphatic heterocycles. The van der Waals surface area contributed by atoms with Crippen molar-refractivity contribution in [2.45, 2.75) is 31.2 Å². The van der Waals surface area contributed by atoms with Crippen LogP contribution in [-0.4, -0.2) is 36.1 Å². The summed E-state index contributed by atoms with van der Waals surface area (Å²) in [6, 6.07) is 2.07. The molecule has 5 nitrogen and oxygen atoms in total. The van der Waals surface area contributed by atoms with Gasteiger partial charge in [0.1, 0.15) is 0 Å². The predicted octanol–water partition coefficient (Wildman–Crippen LogP) is 0.672. The molecule has 0 aromatic carbocycles. The molecule has 2 N–H and O–H groups in total. The van der Waals surface area contributed by atoms with Crippen LogP contribution in [0.2, 0.25) is 0 Å². The fourth-order valence-corrected chi connectivity index (χ4v) is 2.65. The van der Waals surface area contributed by atoms with Crippen molar-refractivity contribution in [2.75, 3.05) is 26.4 Å². The van der Waals surface area contributed by atoms with Gasteiger partial charge in [-0.15, -0.1) is 0 Å². The topological polar surface area (TPSA) is 62.3 Å². The standard InChI is InChI=1S/C12H19N3O2/c13-9-12(2-6-16-7-3-12)10-8-11-15(14-10)4-1-5-17-11/h8H,1-7,9,13H2. The first-order chi connectivity index (χ1) is 8.34. The van der Waals surface area contributed by atoms with E-state index in [-0.39, 0.29) is 5.41 Å². The zero-order valence-corrected chi connectivity index (χ0v) is 10.0. The van der Waals surface area contributed by atoms with Gasteiger partial charge < -0.3 is 15.2 Å². The van der Waals surface area contributed by atoms with Crippen LogP contribution in [0, 0.1) is 0 Å². The molecule has 0 bridgehead atoms. The number of nitrogens with two attached hydrogens (primary N) is 1. The third-order valence-electron chi connectivity index (χ3n) is 3.89. The van der Waals surface area contributed by atoms with Crippen LogP contribution in [0.3, 0.4) is 0 Å². The number of hydrogen-bond donors (Lipinski definition) is 1. The van der Waals surface area contributed by atoms with E-state index < -0.39 is 0 Å². The van der Waals surface area contributed by atoms with Crippen LogP contribution in [0.4, 0.5) is 0 Å². The number of aryl methyl sites for hydroxylation is 1. The first kappa shape index (κ1) is 11.0. The fraction of sp³-hybridized carbons (Fsp3) is 0.750. The lowest BCUT2D eigenvalue weighted by molar-refractivity contribution is 0.0513. The summed E-state index contributed by atoms with van der Waals surface area (Å²) in [5.41, 5.74) is 7.06. The average Bonchev–Trinajstić information content (AvgIpc) is 2.84. The van der Waals surface area contributed by atoms with E-state index in [0.717, 1.165) is 57.2 Å². The number of aromatic nitrogens is 2. The molecule has 0 amide bonds. The molecule has 94 valence electrons. The van der Waals surface area contributed by atoms with Crippen molar-refractivity contribution in [3.05, 3.63) is 11.8 Å². The second-order valence-electron chi connectivity index (χ2n) is 4.89. The van der Waals surface area contributed by atoms with Gasteiger partial charge in [-0.2, -0.15) is 5.10 Å². The Hall–Kier alpha value is -1.07. The summed E-state index contributed by atoms with van der Waals surface area (Å²) >= 11 is 0. The highest BCUT2D eigenvalue weighted by atomic mass is 16.5. The highest BCUT2D eigenvalue weighted by molar-refractivity contribution is 5.25. The lowest BCUT2D eigenvalue weighted by atomic mass is 9.77. The Morgan fingerprint density at radius 1 is 1.35 bits per heavy atom. The highest BCUT2D eigenvalue weighted by Crippen LogP contribution is 2.35. The normalized spacial score (nSPS) is 22.9. The zero-order chi connectivity index (χ0) is 11.7. The van der Waals surface area contributed by atoms with E-state index in [9.17, 15) is 0 Å². The highest BCUT2D eigenvalue weighted by Gasteiger charge is 2.36. The second-order valence-corrected chi connectivity index (χ2v) is 4.89. The van der Waals surface area contributed by atoms with Crippen molar-refractivity contribution < 1.29 is 9.47 Å². The average molecular weight is 237 g/mol. The van der Waals surface area contributed by atoms with E-state index in [1.807, 2.05) is 4.68 Å².